The van der Waals surface area contributed by atoms with Crippen molar-refractivity contribution < 1.29 is 18.3 Å². The molecule has 1 aromatic carbocycles. The van der Waals surface area contributed by atoms with Gasteiger partial charge in [-0.3, -0.25) is 9.69 Å². The molecule has 0 saturated carbocycles. The van der Waals surface area contributed by atoms with Gasteiger partial charge in [0.05, 0.1) is 6.42 Å². The third-order valence-corrected chi connectivity index (χ3v) is 3.92. The Balaban J connectivity index is 1.70. The highest BCUT2D eigenvalue weighted by molar-refractivity contribution is 5.78. The van der Waals surface area contributed by atoms with E-state index in [1.165, 1.54) is 25.0 Å². The lowest BCUT2D eigenvalue weighted by Crippen LogP contribution is -2.37. The van der Waals surface area contributed by atoms with Gasteiger partial charge in [-0.1, -0.05) is 12.1 Å². The Morgan fingerprint density at radius 3 is 2.73 bits per heavy atom. The van der Waals surface area contributed by atoms with Crippen molar-refractivity contribution in [3.63, 3.8) is 0 Å². The zero-order valence-corrected chi connectivity index (χ0v) is 12.7. The molecule has 0 aliphatic carbocycles. The Bertz CT molecular complexity index is 480. The molecule has 22 heavy (non-hydrogen) atoms. The average molecular weight is 312 g/mol. The number of alkyl halides is 2. The van der Waals surface area contributed by atoms with Gasteiger partial charge in [-0.05, 0) is 44.0 Å². The topological polar surface area (TPSA) is 41.6 Å². The van der Waals surface area contributed by atoms with Gasteiger partial charge in [0.25, 0.3) is 0 Å². The second-order valence-corrected chi connectivity index (χ2v) is 5.58. The second kappa shape index (κ2) is 8.08. The number of hydrogen-bond acceptors (Lipinski definition) is 3. The van der Waals surface area contributed by atoms with Crippen molar-refractivity contribution >= 4 is 5.91 Å². The Labute approximate surface area is 129 Å². The highest BCUT2D eigenvalue weighted by Crippen LogP contribution is 2.16. The van der Waals surface area contributed by atoms with Crippen LogP contribution in [-0.2, 0) is 11.2 Å². The molecule has 1 atom stereocenters. The molecule has 1 aliphatic heterocycles. The van der Waals surface area contributed by atoms with Crippen LogP contribution in [0, 0.1) is 0 Å². The maximum absolute atomic E-state index is 12.0. The predicted molar refractivity (Wildman–Crippen MR) is 80.1 cm³/mol. The number of nitrogens with zero attached hydrogens (tertiary/aromatic N) is 1. The maximum atomic E-state index is 12.0. The zero-order chi connectivity index (χ0) is 15.9. The molecule has 1 unspecified atom stereocenters. The lowest BCUT2D eigenvalue weighted by Gasteiger charge is -2.20. The monoisotopic (exact) mass is 312 g/mol. The van der Waals surface area contributed by atoms with E-state index in [4.69, 9.17) is 0 Å². The number of hydrogen-bond donors (Lipinski definition) is 1. The number of benzene rings is 1. The van der Waals surface area contributed by atoms with Crippen LogP contribution in [0.2, 0.25) is 0 Å². The SMILES string of the molecule is CC1CCCN1CCNC(=O)Cc1ccc(OC(F)F)cc1. The number of likely N-dealkylation sites (tertiary alicyclic amines) is 1. The van der Waals surface area contributed by atoms with Crippen molar-refractivity contribution in [1.82, 2.24) is 10.2 Å². The van der Waals surface area contributed by atoms with Crippen molar-refractivity contribution in [2.24, 2.45) is 0 Å². The molecule has 1 saturated heterocycles. The fourth-order valence-corrected chi connectivity index (χ4v) is 2.70. The van der Waals surface area contributed by atoms with Crippen LogP contribution in [-0.4, -0.2) is 43.1 Å². The molecule has 4 nitrogen and oxygen atoms in total. The van der Waals surface area contributed by atoms with Crippen LogP contribution in [0.25, 0.3) is 0 Å². The van der Waals surface area contributed by atoms with Gasteiger partial charge in [0, 0.05) is 19.1 Å². The van der Waals surface area contributed by atoms with Crippen molar-refractivity contribution in [3.8, 4) is 5.75 Å². The summed E-state index contributed by atoms with van der Waals surface area (Å²) in [5.41, 5.74) is 0.772. The van der Waals surface area contributed by atoms with Crippen LogP contribution in [0.5, 0.6) is 5.75 Å². The van der Waals surface area contributed by atoms with Crippen molar-refractivity contribution in [3.05, 3.63) is 29.8 Å². The minimum Gasteiger partial charge on any atom is -0.435 e. The number of amides is 1. The first-order valence-corrected chi connectivity index (χ1v) is 7.59. The molecule has 1 heterocycles. The minimum atomic E-state index is -2.83. The first-order valence-electron chi connectivity index (χ1n) is 7.59. The Morgan fingerprint density at radius 2 is 2.14 bits per heavy atom. The van der Waals surface area contributed by atoms with Crippen LogP contribution in [0.1, 0.15) is 25.3 Å². The van der Waals surface area contributed by atoms with E-state index in [0.717, 1.165) is 18.7 Å². The van der Waals surface area contributed by atoms with Crippen LogP contribution in [0.15, 0.2) is 24.3 Å². The summed E-state index contributed by atoms with van der Waals surface area (Å²) >= 11 is 0. The minimum absolute atomic E-state index is 0.0608. The smallest absolute Gasteiger partial charge is 0.387 e. The molecule has 0 bridgehead atoms. The van der Waals surface area contributed by atoms with E-state index in [-0.39, 0.29) is 18.1 Å². The van der Waals surface area contributed by atoms with Gasteiger partial charge in [-0.15, -0.1) is 0 Å². The van der Waals surface area contributed by atoms with E-state index < -0.39 is 6.61 Å². The van der Waals surface area contributed by atoms with E-state index in [1.54, 1.807) is 12.1 Å². The fraction of sp³-hybridized carbons (Fsp3) is 0.562. The summed E-state index contributed by atoms with van der Waals surface area (Å²) in [6, 6.07) is 6.74. The van der Waals surface area contributed by atoms with E-state index in [1.807, 2.05) is 0 Å². The van der Waals surface area contributed by atoms with E-state index in [0.29, 0.717) is 12.6 Å². The highest BCUT2D eigenvalue weighted by Gasteiger charge is 2.19. The van der Waals surface area contributed by atoms with E-state index in [9.17, 15) is 13.6 Å². The molecule has 122 valence electrons. The molecular formula is C16H22F2N2O2. The standard InChI is InChI=1S/C16H22F2N2O2/c1-12-3-2-9-20(12)10-8-19-15(21)11-13-4-6-14(7-5-13)22-16(17)18/h4-7,12,16H,2-3,8-11H2,1H3,(H,19,21). The number of rotatable bonds is 7. The molecule has 1 aliphatic rings. The molecular weight excluding hydrogens is 290 g/mol. The summed E-state index contributed by atoms with van der Waals surface area (Å²) in [5, 5.41) is 2.89. The molecule has 0 spiro atoms. The largest absolute Gasteiger partial charge is 0.435 e. The van der Waals surface area contributed by atoms with Crippen molar-refractivity contribution in [2.75, 3.05) is 19.6 Å². The van der Waals surface area contributed by atoms with Crippen molar-refractivity contribution in [1.29, 1.82) is 0 Å². The average Bonchev–Trinajstić information content (AvgIpc) is 2.86. The number of ether oxygens (including phenoxy) is 1. The quantitative estimate of drug-likeness (QED) is 0.841. The molecule has 0 aromatic heterocycles. The number of halogens is 2. The molecule has 6 heteroatoms. The number of carbonyl (C=O) groups is 1. The third kappa shape index (κ3) is 5.26. The molecule has 1 aromatic rings. The molecule has 1 N–H and O–H groups in total. The van der Waals surface area contributed by atoms with Crippen molar-refractivity contribution in [2.45, 2.75) is 38.8 Å². The second-order valence-electron chi connectivity index (χ2n) is 5.58. The summed E-state index contributed by atoms with van der Waals surface area (Å²) in [6.07, 6.45) is 2.69. The van der Waals surface area contributed by atoms with Crippen LogP contribution in [0.4, 0.5) is 8.78 Å². The van der Waals surface area contributed by atoms with Gasteiger partial charge in [0.15, 0.2) is 0 Å². The van der Waals surface area contributed by atoms with E-state index >= 15 is 0 Å². The Morgan fingerprint density at radius 1 is 1.41 bits per heavy atom. The van der Waals surface area contributed by atoms with Gasteiger partial charge >= 0.3 is 6.61 Å². The summed E-state index contributed by atoms with van der Waals surface area (Å²) in [5.74, 6) is 0.0385. The molecule has 2 rings (SSSR count). The first kappa shape index (κ1) is 16.7. The highest BCUT2D eigenvalue weighted by atomic mass is 19.3. The Kier molecular flexibility index (Phi) is 6.12. The summed E-state index contributed by atoms with van der Waals surface area (Å²) < 4.78 is 28.3. The molecule has 1 fully saturated rings. The van der Waals surface area contributed by atoms with Crippen LogP contribution in [0.3, 0.4) is 0 Å². The van der Waals surface area contributed by atoms with Gasteiger partial charge in [0.2, 0.25) is 5.91 Å². The summed E-state index contributed by atoms with van der Waals surface area (Å²) in [4.78, 5) is 14.2. The lowest BCUT2D eigenvalue weighted by atomic mass is 10.1. The first-order chi connectivity index (χ1) is 10.5. The summed E-state index contributed by atoms with van der Waals surface area (Å²) in [7, 11) is 0. The van der Waals surface area contributed by atoms with Gasteiger partial charge in [-0.25, -0.2) is 0 Å². The maximum Gasteiger partial charge on any atom is 0.387 e. The van der Waals surface area contributed by atoms with Gasteiger partial charge in [-0.2, -0.15) is 8.78 Å². The number of nitrogens with one attached hydrogen (secondary N) is 1. The third-order valence-electron chi connectivity index (χ3n) is 3.92. The van der Waals surface area contributed by atoms with E-state index in [2.05, 4.69) is 21.9 Å². The Hall–Kier alpha value is -1.69. The van der Waals surface area contributed by atoms with Gasteiger partial charge in [0.1, 0.15) is 5.75 Å². The summed E-state index contributed by atoms with van der Waals surface area (Å²) in [6.45, 7) is 1.98. The fourth-order valence-electron chi connectivity index (χ4n) is 2.70. The number of carbonyl (C=O) groups excluding carboxylic acids is 1. The van der Waals surface area contributed by atoms with Crippen LogP contribution >= 0.6 is 0 Å². The predicted octanol–water partition coefficient (Wildman–Crippen LogP) is 2.43. The molecule has 1 amide bonds. The molecule has 0 radical (unpaired) electrons. The van der Waals surface area contributed by atoms with Gasteiger partial charge < -0.3 is 10.1 Å². The normalized spacial score (nSPS) is 18.6. The van der Waals surface area contributed by atoms with Crippen LogP contribution < -0.4 is 10.1 Å². The lowest BCUT2D eigenvalue weighted by molar-refractivity contribution is -0.120. The zero-order valence-electron chi connectivity index (χ0n) is 12.7.